The van der Waals surface area contributed by atoms with E-state index >= 15 is 0 Å². The summed E-state index contributed by atoms with van der Waals surface area (Å²) in [5.74, 6) is 0.280. The van der Waals surface area contributed by atoms with Gasteiger partial charge in [0.1, 0.15) is 0 Å². The van der Waals surface area contributed by atoms with Crippen molar-refractivity contribution in [2.24, 2.45) is 0 Å². The van der Waals surface area contributed by atoms with Gasteiger partial charge in [-0.05, 0) is 6.42 Å². The Hall–Kier alpha value is -0.610. The molecule has 2 fully saturated rings. The van der Waals surface area contributed by atoms with Crippen molar-refractivity contribution in [2.75, 3.05) is 39.9 Å². The highest BCUT2D eigenvalue weighted by Gasteiger charge is 2.34. The molecule has 1 unspecified atom stereocenters. The highest BCUT2D eigenvalue weighted by atomic mass is 16.5. The van der Waals surface area contributed by atoms with Gasteiger partial charge in [-0.25, -0.2) is 0 Å². The van der Waals surface area contributed by atoms with Gasteiger partial charge in [-0.1, -0.05) is 0 Å². The van der Waals surface area contributed by atoms with Gasteiger partial charge in [0.25, 0.3) is 0 Å². The molecule has 1 atom stereocenters. The molecule has 0 bridgehead atoms. The molecule has 13 heavy (non-hydrogen) atoms. The van der Waals surface area contributed by atoms with Gasteiger partial charge in [-0.3, -0.25) is 9.69 Å². The molecule has 0 aliphatic carbocycles. The third-order valence-electron chi connectivity index (χ3n) is 2.89. The topological polar surface area (TPSA) is 32.8 Å². The smallest absolute Gasteiger partial charge is 0.239 e. The van der Waals surface area contributed by atoms with E-state index in [4.69, 9.17) is 4.74 Å². The zero-order valence-corrected chi connectivity index (χ0v) is 8.03. The van der Waals surface area contributed by atoms with Crippen LogP contribution < -0.4 is 0 Å². The SMILES string of the molecule is CN1CCC(N2CCOCC2)C1=O. The highest BCUT2D eigenvalue weighted by Crippen LogP contribution is 2.16. The average molecular weight is 184 g/mol. The van der Waals surface area contributed by atoms with E-state index in [9.17, 15) is 4.79 Å². The third-order valence-corrected chi connectivity index (χ3v) is 2.89. The second-order valence-electron chi connectivity index (χ2n) is 3.71. The lowest BCUT2D eigenvalue weighted by molar-refractivity contribution is -0.132. The number of rotatable bonds is 1. The molecule has 2 aliphatic heterocycles. The first-order valence-corrected chi connectivity index (χ1v) is 4.86. The number of morpholine rings is 1. The van der Waals surface area contributed by atoms with Crippen molar-refractivity contribution in [2.45, 2.75) is 12.5 Å². The largest absolute Gasteiger partial charge is 0.379 e. The van der Waals surface area contributed by atoms with Crippen LogP contribution in [0.1, 0.15) is 6.42 Å². The lowest BCUT2D eigenvalue weighted by Crippen LogP contribution is -2.46. The molecule has 0 aromatic heterocycles. The molecule has 1 amide bonds. The highest BCUT2D eigenvalue weighted by molar-refractivity contribution is 5.83. The maximum absolute atomic E-state index is 11.6. The Morgan fingerprint density at radius 2 is 2.00 bits per heavy atom. The summed E-state index contributed by atoms with van der Waals surface area (Å²) >= 11 is 0. The fourth-order valence-electron chi connectivity index (χ4n) is 2.03. The van der Waals surface area contributed by atoms with Gasteiger partial charge in [0, 0.05) is 26.7 Å². The Balaban J connectivity index is 1.96. The van der Waals surface area contributed by atoms with Crippen LogP contribution in [-0.4, -0.2) is 61.6 Å². The molecule has 2 aliphatic rings. The fraction of sp³-hybridized carbons (Fsp3) is 0.889. The van der Waals surface area contributed by atoms with Gasteiger partial charge < -0.3 is 9.64 Å². The predicted octanol–water partition coefficient (Wildman–Crippen LogP) is -0.451. The summed E-state index contributed by atoms with van der Waals surface area (Å²) in [5.41, 5.74) is 0. The maximum Gasteiger partial charge on any atom is 0.239 e. The second kappa shape index (κ2) is 3.64. The van der Waals surface area contributed by atoms with Crippen LogP contribution in [0.15, 0.2) is 0 Å². The number of carbonyl (C=O) groups excluding carboxylic acids is 1. The van der Waals surface area contributed by atoms with E-state index in [0.29, 0.717) is 0 Å². The van der Waals surface area contributed by atoms with Crippen LogP contribution in [0.25, 0.3) is 0 Å². The first-order valence-electron chi connectivity index (χ1n) is 4.86. The zero-order chi connectivity index (χ0) is 9.26. The number of ether oxygens (including phenoxy) is 1. The minimum absolute atomic E-state index is 0.133. The van der Waals surface area contributed by atoms with Gasteiger partial charge in [0.2, 0.25) is 5.91 Å². The van der Waals surface area contributed by atoms with Gasteiger partial charge in [-0.2, -0.15) is 0 Å². The van der Waals surface area contributed by atoms with Crippen LogP contribution in [-0.2, 0) is 9.53 Å². The summed E-state index contributed by atoms with van der Waals surface area (Å²) in [7, 11) is 1.88. The Morgan fingerprint density at radius 1 is 1.31 bits per heavy atom. The van der Waals surface area contributed by atoms with Crippen molar-refractivity contribution in [3.63, 3.8) is 0 Å². The Kier molecular flexibility index (Phi) is 2.51. The molecule has 2 rings (SSSR count). The van der Waals surface area contributed by atoms with Gasteiger partial charge in [-0.15, -0.1) is 0 Å². The summed E-state index contributed by atoms with van der Waals surface area (Å²) in [6, 6.07) is 0.133. The van der Waals surface area contributed by atoms with E-state index in [1.54, 1.807) is 0 Å². The molecule has 4 heteroatoms. The first-order chi connectivity index (χ1) is 6.29. The van der Waals surface area contributed by atoms with Gasteiger partial charge in [0.15, 0.2) is 0 Å². The van der Waals surface area contributed by atoms with Crippen LogP contribution >= 0.6 is 0 Å². The van der Waals surface area contributed by atoms with Gasteiger partial charge in [0.05, 0.1) is 19.3 Å². The second-order valence-corrected chi connectivity index (χ2v) is 3.71. The first kappa shape index (κ1) is 8.97. The molecule has 0 radical (unpaired) electrons. The molecule has 0 N–H and O–H groups in total. The average Bonchev–Trinajstić information content (AvgIpc) is 2.49. The van der Waals surface area contributed by atoms with Crippen LogP contribution in [0, 0.1) is 0 Å². The van der Waals surface area contributed by atoms with Crippen molar-refractivity contribution in [3.05, 3.63) is 0 Å². The zero-order valence-electron chi connectivity index (χ0n) is 8.03. The lowest BCUT2D eigenvalue weighted by atomic mass is 10.2. The third kappa shape index (κ3) is 1.69. The van der Waals surface area contributed by atoms with E-state index in [-0.39, 0.29) is 11.9 Å². The molecule has 74 valence electrons. The lowest BCUT2D eigenvalue weighted by Gasteiger charge is -2.30. The number of likely N-dealkylation sites (N-methyl/N-ethyl adjacent to an activating group) is 1. The molecule has 0 aromatic carbocycles. The number of hydrogen-bond donors (Lipinski definition) is 0. The number of likely N-dealkylation sites (tertiary alicyclic amines) is 1. The molecule has 2 saturated heterocycles. The van der Waals surface area contributed by atoms with Gasteiger partial charge >= 0.3 is 0 Å². The molecule has 0 spiro atoms. The number of carbonyl (C=O) groups is 1. The van der Waals surface area contributed by atoms with Crippen LogP contribution in [0.3, 0.4) is 0 Å². The Bertz CT molecular complexity index is 202. The molecule has 4 nitrogen and oxygen atoms in total. The minimum Gasteiger partial charge on any atom is -0.379 e. The van der Waals surface area contributed by atoms with Crippen molar-refractivity contribution < 1.29 is 9.53 Å². The quantitative estimate of drug-likeness (QED) is 0.553. The summed E-state index contributed by atoms with van der Waals surface area (Å²) in [6.07, 6.45) is 0.981. The summed E-state index contributed by atoms with van der Waals surface area (Å²) in [6.45, 7) is 4.26. The van der Waals surface area contributed by atoms with Crippen molar-refractivity contribution in [3.8, 4) is 0 Å². The Morgan fingerprint density at radius 3 is 2.54 bits per heavy atom. The van der Waals surface area contributed by atoms with Crippen molar-refractivity contribution in [1.29, 1.82) is 0 Å². The van der Waals surface area contributed by atoms with E-state index in [1.807, 2.05) is 11.9 Å². The summed E-state index contributed by atoms with van der Waals surface area (Å²) < 4.78 is 5.25. The monoisotopic (exact) mass is 184 g/mol. The van der Waals surface area contributed by atoms with Crippen LogP contribution in [0.4, 0.5) is 0 Å². The minimum atomic E-state index is 0.133. The standard InChI is InChI=1S/C9H16N2O2/c1-10-3-2-8(9(10)12)11-4-6-13-7-5-11/h8H,2-7H2,1H3. The van der Waals surface area contributed by atoms with Crippen molar-refractivity contribution >= 4 is 5.91 Å². The molecular weight excluding hydrogens is 168 g/mol. The number of hydrogen-bond acceptors (Lipinski definition) is 3. The van der Waals surface area contributed by atoms with E-state index in [2.05, 4.69) is 4.90 Å². The summed E-state index contributed by atoms with van der Waals surface area (Å²) in [5, 5.41) is 0. The molecule has 0 saturated carbocycles. The maximum atomic E-state index is 11.6. The molecule has 2 heterocycles. The fourth-order valence-corrected chi connectivity index (χ4v) is 2.03. The number of nitrogens with zero attached hydrogens (tertiary/aromatic N) is 2. The van der Waals surface area contributed by atoms with E-state index < -0.39 is 0 Å². The summed E-state index contributed by atoms with van der Waals surface area (Å²) in [4.78, 5) is 15.7. The number of amides is 1. The molecule has 0 aromatic rings. The normalized spacial score (nSPS) is 31.3. The molecular formula is C9H16N2O2. The van der Waals surface area contributed by atoms with E-state index in [0.717, 1.165) is 39.3 Å². The predicted molar refractivity (Wildman–Crippen MR) is 48.4 cm³/mol. The Labute approximate surface area is 78.4 Å². The van der Waals surface area contributed by atoms with Crippen molar-refractivity contribution in [1.82, 2.24) is 9.80 Å². The van der Waals surface area contributed by atoms with Crippen LogP contribution in [0.5, 0.6) is 0 Å². The van der Waals surface area contributed by atoms with Crippen LogP contribution in [0.2, 0.25) is 0 Å². The van der Waals surface area contributed by atoms with E-state index in [1.165, 1.54) is 0 Å².